The standard InChI is InChI=1S/C8H14.2C2H6/c1-2-4-8(5-3-1)6-7-8;2*1-2/h1-7H2;2*1-2H3. The maximum absolute atomic E-state index is 2.00. The van der Waals surface area contributed by atoms with Gasteiger partial charge in [0.2, 0.25) is 0 Å². The lowest BCUT2D eigenvalue weighted by Gasteiger charge is -2.19. The molecule has 2 aliphatic carbocycles. The molecule has 2 aliphatic rings. The smallest absolute Gasteiger partial charge is 0.0297 e. The number of hydrogen-bond donors (Lipinski definition) is 0. The minimum absolute atomic E-state index is 0.929. The van der Waals surface area contributed by atoms with Gasteiger partial charge >= 0.3 is 0 Å². The molecule has 0 saturated heterocycles. The summed E-state index contributed by atoms with van der Waals surface area (Å²) in [6, 6.07) is 0. The minimum atomic E-state index is 0.929. The summed E-state index contributed by atoms with van der Waals surface area (Å²) < 4.78 is 0. The summed E-state index contributed by atoms with van der Waals surface area (Å²) in [7, 11) is 0. The second-order valence-corrected chi connectivity index (χ2v) is 3.56. The van der Waals surface area contributed by atoms with Crippen LogP contribution in [0.4, 0.5) is 0 Å². The lowest BCUT2D eigenvalue weighted by atomic mass is 9.87. The predicted octanol–water partition coefficient (Wildman–Crippen LogP) is 4.78. The molecule has 0 aromatic rings. The molecule has 0 atom stereocenters. The fourth-order valence-electron chi connectivity index (χ4n) is 1.98. The van der Waals surface area contributed by atoms with Crippen molar-refractivity contribution in [3.8, 4) is 0 Å². The summed E-state index contributed by atoms with van der Waals surface area (Å²) in [5.74, 6) is 0. The Kier molecular flexibility index (Phi) is 6.51. The molecule has 12 heavy (non-hydrogen) atoms. The zero-order chi connectivity index (χ0) is 9.45. The molecular formula is C12H26. The van der Waals surface area contributed by atoms with Crippen molar-refractivity contribution >= 4 is 0 Å². The highest BCUT2D eigenvalue weighted by atomic mass is 14.5. The molecule has 0 unspecified atom stereocenters. The van der Waals surface area contributed by atoms with E-state index >= 15 is 0 Å². The average molecular weight is 170 g/mol. The molecule has 74 valence electrons. The van der Waals surface area contributed by atoms with Gasteiger partial charge in [-0.05, 0) is 31.1 Å². The lowest BCUT2D eigenvalue weighted by molar-refractivity contribution is 0.337. The molecule has 0 aromatic heterocycles. The number of rotatable bonds is 0. The molecule has 0 radical (unpaired) electrons. The molecule has 1 spiro atoms. The molecule has 2 rings (SSSR count). The van der Waals surface area contributed by atoms with E-state index in [-0.39, 0.29) is 0 Å². The second-order valence-electron chi connectivity index (χ2n) is 3.56. The lowest BCUT2D eigenvalue weighted by Crippen LogP contribution is -2.05. The molecule has 0 aromatic carbocycles. The first kappa shape index (κ1) is 12.0. The van der Waals surface area contributed by atoms with Crippen LogP contribution >= 0.6 is 0 Å². The van der Waals surface area contributed by atoms with Crippen LogP contribution in [0.15, 0.2) is 0 Å². The summed E-state index contributed by atoms with van der Waals surface area (Å²) >= 11 is 0. The number of hydrogen-bond acceptors (Lipinski definition) is 0. The van der Waals surface area contributed by atoms with E-state index in [4.69, 9.17) is 0 Å². The van der Waals surface area contributed by atoms with E-state index in [0.29, 0.717) is 0 Å². The summed E-state index contributed by atoms with van der Waals surface area (Å²) in [6.07, 6.45) is 10.8. The van der Waals surface area contributed by atoms with Crippen LogP contribution in [-0.4, -0.2) is 0 Å². The Bertz CT molecular complexity index is 82.2. The summed E-state index contributed by atoms with van der Waals surface area (Å²) in [6.45, 7) is 8.00. The Morgan fingerprint density at radius 2 is 1.00 bits per heavy atom. The summed E-state index contributed by atoms with van der Waals surface area (Å²) in [5, 5.41) is 0. The Balaban J connectivity index is 0.000000269. The van der Waals surface area contributed by atoms with Gasteiger partial charge in [0.05, 0.1) is 0 Å². The van der Waals surface area contributed by atoms with E-state index in [0.717, 1.165) is 5.41 Å². The van der Waals surface area contributed by atoms with E-state index in [1.807, 2.05) is 27.7 Å². The molecule has 2 saturated carbocycles. The van der Waals surface area contributed by atoms with Crippen LogP contribution in [0.25, 0.3) is 0 Å². The van der Waals surface area contributed by atoms with Gasteiger partial charge in [-0.3, -0.25) is 0 Å². The van der Waals surface area contributed by atoms with Gasteiger partial charge in [0, 0.05) is 0 Å². The van der Waals surface area contributed by atoms with Crippen molar-refractivity contribution in [3.05, 3.63) is 0 Å². The van der Waals surface area contributed by atoms with Crippen LogP contribution in [-0.2, 0) is 0 Å². The summed E-state index contributed by atoms with van der Waals surface area (Å²) in [4.78, 5) is 0. The highest BCUT2D eigenvalue weighted by Gasteiger charge is 2.42. The van der Waals surface area contributed by atoms with Crippen LogP contribution in [0.1, 0.15) is 72.6 Å². The third-order valence-electron chi connectivity index (χ3n) is 2.87. The predicted molar refractivity (Wildman–Crippen MR) is 57.4 cm³/mol. The van der Waals surface area contributed by atoms with Gasteiger partial charge in [0.25, 0.3) is 0 Å². The monoisotopic (exact) mass is 170 g/mol. The van der Waals surface area contributed by atoms with E-state index in [2.05, 4.69) is 0 Å². The molecule has 0 heteroatoms. The normalized spacial score (nSPS) is 23.0. The summed E-state index contributed by atoms with van der Waals surface area (Å²) in [5.41, 5.74) is 0.929. The molecule has 0 amide bonds. The highest BCUT2D eigenvalue weighted by molar-refractivity contribution is 4.94. The van der Waals surface area contributed by atoms with E-state index in [1.54, 1.807) is 25.7 Å². The largest absolute Gasteiger partial charge is 0.0683 e. The maximum atomic E-state index is 2.00. The zero-order valence-electron chi connectivity index (χ0n) is 9.45. The Morgan fingerprint density at radius 1 is 0.583 bits per heavy atom. The van der Waals surface area contributed by atoms with Crippen molar-refractivity contribution in [1.29, 1.82) is 0 Å². The Labute approximate surface area is 78.8 Å². The molecule has 0 aliphatic heterocycles. The highest BCUT2D eigenvalue weighted by Crippen LogP contribution is 2.55. The molecule has 2 fully saturated rings. The topological polar surface area (TPSA) is 0 Å². The van der Waals surface area contributed by atoms with Crippen molar-refractivity contribution in [2.24, 2.45) is 5.41 Å². The minimum Gasteiger partial charge on any atom is -0.0683 e. The third-order valence-corrected chi connectivity index (χ3v) is 2.87. The van der Waals surface area contributed by atoms with Crippen molar-refractivity contribution < 1.29 is 0 Å². The van der Waals surface area contributed by atoms with Crippen molar-refractivity contribution in [1.82, 2.24) is 0 Å². The van der Waals surface area contributed by atoms with Gasteiger partial charge in [-0.25, -0.2) is 0 Å². The first-order valence-corrected chi connectivity index (χ1v) is 5.91. The van der Waals surface area contributed by atoms with Crippen LogP contribution < -0.4 is 0 Å². The molecular weight excluding hydrogens is 144 g/mol. The van der Waals surface area contributed by atoms with Gasteiger partial charge in [0.1, 0.15) is 0 Å². The van der Waals surface area contributed by atoms with E-state index in [1.165, 1.54) is 19.3 Å². The first-order chi connectivity index (χ1) is 5.91. The second kappa shape index (κ2) is 6.51. The molecule has 0 heterocycles. The van der Waals surface area contributed by atoms with Gasteiger partial charge in [-0.15, -0.1) is 0 Å². The van der Waals surface area contributed by atoms with Gasteiger partial charge in [0.15, 0.2) is 0 Å². The maximum Gasteiger partial charge on any atom is -0.0297 e. The fourth-order valence-corrected chi connectivity index (χ4v) is 1.98. The van der Waals surface area contributed by atoms with Gasteiger partial charge in [-0.2, -0.15) is 0 Å². The fraction of sp³-hybridized carbons (Fsp3) is 1.00. The SMILES string of the molecule is C1CCC2(CC1)CC2.CC.CC. The average Bonchev–Trinajstić information content (AvgIpc) is 2.93. The molecule has 0 nitrogen and oxygen atoms in total. The van der Waals surface area contributed by atoms with Crippen molar-refractivity contribution in [2.45, 2.75) is 72.6 Å². The van der Waals surface area contributed by atoms with E-state index in [9.17, 15) is 0 Å². The van der Waals surface area contributed by atoms with Crippen LogP contribution in [0.2, 0.25) is 0 Å². The van der Waals surface area contributed by atoms with E-state index < -0.39 is 0 Å². The van der Waals surface area contributed by atoms with Gasteiger partial charge in [-0.1, -0.05) is 47.0 Å². The van der Waals surface area contributed by atoms with Crippen LogP contribution in [0, 0.1) is 5.41 Å². The Hall–Kier alpha value is 0. The molecule has 0 bridgehead atoms. The molecule has 0 N–H and O–H groups in total. The van der Waals surface area contributed by atoms with Gasteiger partial charge < -0.3 is 0 Å². The van der Waals surface area contributed by atoms with Crippen LogP contribution in [0.5, 0.6) is 0 Å². The van der Waals surface area contributed by atoms with Crippen LogP contribution in [0.3, 0.4) is 0 Å². The third kappa shape index (κ3) is 3.60. The quantitative estimate of drug-likeness (QED) is 0.490. The van der Waals surface area contributed by atoms with Crippen molar-refractivity contribution in [3.63, 3.8) is 0 Å². The first-order valence-electron chi connectivity index (χ1n) is 5.91. The van der Waals surface area contributed by atoms with Crippen molar-refractivity contribution in [2.75, 3.05) is 0 Å². The zero-order valence-corrected chi connectivity index (χ0v) is 9.45. The Morgan fingerprint density at radius 3 is 1.25 bits per heavy atom.